The molecule has 1 amide bonds. The van der Waals surface area contributed by atoms with Crippen molar-refractivity contribution < 1.29 is 4.79 Å². The number of H-pyrrole nitrogens is 1. The first-order valence-electron chi connectivity index (χ1n) is 9.59. The average molecular weight is 369 g/mol. The van der Waals surface area contributed by atoms with Crippen LogP contribution in [0.4, 0.5) is 0 Å². The van der Waals surface area contributed by atoms with E-state index in [-0.39, 0.29) is 11.9 Å². The molecule has 4 aromatic rings. The van der Waals surface area contributed by atoms with E-state index in [2.05, 4.69) is 27.4 Å². The first-order chi connectivity index (χ1) is 13.7. The molecule has 140 valence electrons. The molecule has 1 atom stereocenters. The molecule has 2 N–H and O–H groups in total. The number of benzene rings is 3. The van der Waals surface area contributed by atoms with E-state index in [1.165, 1.54) is 5.56 Å². The fourth-order valence-corrected chi connectivity index (χ4v) is 3.28. The average Bonchev–Trinajstić information content (AvgIpc) is 3.17. The molecule has 28 heavy (non-hydrogen) atoms. The molecule has 1 aromatic heterocycles. The largest absolute Gasteiger partial charge is 0.350 e. The van der Waals surface area contributed by atoms with Crippen molar-refractivity contribution in [3.63, 3.8) is 0 Å². The number of carbonyl (C=O) groups is 1. The quantitative estimate of drug-likeness (QED) is 0.503. The third-order valence-electron chi connectivity index (χ3n) is 4.90. The van der Waals surface area contributed by atoms with E-state index < -0.39 is 0 Å². The van der Waals surface area contributed by atoms with E-state index in [1.807, 2.05) is 73.7 Å². The van der Waals surface area contributed by atoms with Crippen molar-refractivity contribution in [2.75, 3.05) is 0 Å². The second-order valence-electron chi connectivity index (χ2n) is 7.08. The zero-order chi connectivity index (χ0) is 19.3. The molecule has 0 radical (unpaired) electrons. The van der Waals surface area contributed by atoms with E-state index in [0.717, 1.165) is 35.3 Å². The van der Waals surface area contributed by atoms with Crippen LogP contribution in [0.25, 0.3) is 22.4 Å². The standard InChI is InChI=1S/C24H23N3O/c1-17(11-12-18-7-3-2-4-8-18)25-24(28)20-15-13-19(14-16-20)23-26-21-9-5-6-10-22(21)27-23/h2-10,13-17H,11-12H2,1H3,(H,25,28)(H,26,27)/t17-/m0/s1. The summed E-state index contributed by atoms with van der Waals surface area (Å²) >= 11 is 0. The number of imidazole rings is 1. The molecule has 4 nitrogen and oxygen atoms in total. The number of carbonyl (C=O) groups excluding carboxylic acids is 1. The number of para-hydroxylation sites is 2. The van der Waals surface area contributed by atoms with Gasteiger partial charge in [-0.2, -0.15) is 0 Å². The summed E-state index contributed by atoms with van der Waals surface area (Å²) in [6.45, 7) is 2.05. The van der Waals surface area contributed by atoms with Gasteiger partial charge in [0.25, 0.3) is 5.91 Å². The van der Waals surface area contributed by atoms with Gasteiger partial charge < -0.3 is 10.3 Å². The van der Waals surface area contributed by atoms with Crippen LogP contribution in [0.2, 0.25) is 0 Å². The number of amides is 1. The van der Waals surface area contributed by atoms with Gasteiger partial charge in [-0.1, -0.05) is 54.6 Å². The summed E-state index contributed by atoms with van der Waals surface area (Å²) in [6, 6.07) is 26.0. The predicted octanol–water partition coefficient (Wildman–Crippen LogP) is 4.98. The van der Waals surface area contributed by atoms with Gasteiger partial charge in [-0.25, -0.2) is 4.98 Å². The highest BCUT2D eigenvalue weighted by molar-refractivity contribution is 5.94. The normalized spacial score (nSPS) is 12.0. The Morgan fingerprint density at radius 2 is 1.68 bits per heavy atom. The molecule has 0 aliphatic rings. The highest BCUT2D eigenvalue weighted by atomic mass is 16.1. The Hall–Kier alpha value is -3.40. The van der Waals surface area contributed by atoms with Gasteiger partial charge in [0.15, 0.2) is 0 Å². The molecule has 1 heterocycles. The van der Waals surface area contributed by atoms with Gasteiger partial charge in [0, 0.05) is 17.2 Å². The Balaban J connectivity index is 1.38. The van der Waals surface area contributed by atoms with Crippen LogP contribution in [0.5, 0.6) is 0 Å². The third kappa shape index (κ3) is 4.12. The zero-order valence-corrected chi connectivity index (χ0v) is 15.9. The summed E-state index contributed by atoms with van der Waals surface area (Å²) < 4.78 is 0. The highest BCUT2D eigenvalue weighted by Gasteiger charge is 2.11. The van der Waals surface area contributed by atoms with E-state index in [0.29, 0.717) is 5.56 Å². The smallest absolute Gasteiger partial charge is 0.251 e. The number of hydrogen-bond acceptors (Lipinski definition) is 2. The number of hydrogen-bond donors (Lipinski definition) is 2. The first-order valence-corrected chi connectivity index (χ1v) is 9.59. The maximum absolute atomic E-state index is 12.5. The number of rotatable bonds is 6. The summed E-state index contributed by atoms with van der Waals surface area (Å²) in [5.74, 6) is 0.765. The van der Waals surface area contributed by atoms with E-state index in [9.17, 15) is 4.79 Å². The van der Waals surface area contributed by atoms with Crippen molar-refractivity contribution in [2.24, 2.45) is 0 Å². The van der Waals surface area contributed by atoms with Gasteiger partial charge in [-0.05, 0) is 49.6 Å². The topological polar surface area (TPSA) is 57.8 Å². The van der Waals surface area contributed by atoms with E-state index >= 15 is 0 Å². The summed E-state index contributed by atoms with van der Waals surface area (Å²) in [5, 5.41) is 3.08. The number of aromatic amines is 1. The van der Waals surface area contributed by atoms with Gasteiger partial charge in [0.1, 0.15) is 5.82 Å². The van der Waals surface area contributed by atoms with Crippen molar-refractivity contribution in [2.45, 2.75) is 25.8 Å². The Morgan fingerprint density at radius 1 is 0.964 bits per heavy atom. The van der Waals surface area contributed by atoms with Crippen LogP contribution in [0.15, 0.2) is 78.9 Å². The second-order valence-corrected chi connectivity index (χ2v) is 7.08. The van der Waals surface area contributed by atoms with Crippen LogP contribution >= 0.6 is 0 Å². The third-order valence-corrected chi connectivity index (χ3v) is 4.90. The minimum atomic E-state index is -0.0447. The van der Waals surface area contributed by atoms with Gasteiger partial charge in [-0.15, -0.1) is 0 Å². The second kappa shape index (κ2) is 8.09. The maximum Gasteiger partial charge on any atom is 0.251 e. The number of fused-ring (bicyclic) bond motifs is 1. The van der Waals surface area contributed by atoms with Crippen LogP contribution in [0.1, 0.15) is 29.3 Å². The minimum absolute atomic E-state index is 0.0447. The summed E-state index contributed by atoms with van der Waals surface area (Å²) in [7, 11) is 0. The van der Waals surface area contributed by atoms with E-state index in [4.69, 9.17) is 0 Å². The first kappa shape index (κ1) is 18.0. The fraction of sp³-hybridized carbons (Fsp3) is 0.167. The molecular weight excluding hydrogens is 346 g/mol. The predicted molar refractivity (Wildman–Crippen MR) is 113 cm³/mol. The van der Waals surface area contributed by atoms with Crippen LogP contribution in [0.3, 0.4) is 0 Å². The molecule has 4 heteroatoms. The van der Waals surface area contributed by atoms with Crippen molar-refractivity contribution in [1.29, 1.82) is 0 Å². The SMILES string of the molecule is C[C@@H](CCc1ccccc1)NC(=O)c1ccc(-c2nc3ccccc3[nH]2)cc1. The molecule has 0 aliphatic carbocycles. The lowest BCUT2D eigenvalue weighted by Crippen LogP contribution is -2.32. The number of nitrogens with zero attached hydrogens (tertiary/aromatic N) is 1. The lowest BCUT2D eigenvalue weighted by atomic mass is 10.1. The Labute approximate surface area is 164 Å². The van der Waals surface area contributed by atoms with Crippen LogP contribution in [-0.2, 0) is 6.42 Å². The number of nitrogens with one attached hydrogen (secondary N) is 2. The molecule has 0 bridgehead atoms. The van der Waals surface area contributed by atoms with Crippen molar-refractivity contribution in [3.8, 4) is 11.4 Å². The summed E-state index contributed by atoms with van der Waals surface area (Å²) in [5.41, 5.74) is 4.85. The summed E-state index contributed by atoms with van der Waals surface area (Å²) in [6.07, 6.45) is 1.86. The maximum atomic E-state index is 12.5. The lowest BCUT2D eigenvalue weighted by Gasteiger charge is -2.14. The fourth-order valence-electron chi connectivity index (χ4n) is 3.28. The van der Waals surface area contributed by atoms with Crippen molar-refractivity contribution in [1.82, 2.24) is 15.3 Å². The Kier molecular flexibility index (Phi) is 5.20. The molecule has 0 unspecified atom stereocenters. The van der Waals surface area contributed by atoms with Gasteiger partial charge >= 0.3 is 0 Å². The number of aromatic nitrogens is 2. The Bertz CT molecular complexity index is 1030. The van der Waals surface area contributed by atoms with Crippen LogP contribution in [0, 0.1) is 0 Å². The molecule has 3 aromatic carbocycles. The van der Waals surface area contributed by atoms with Crippen molar-refractivity contribution >= 4 is 16.9 Å². The monoisotopic (exact) mass is 369 g/mol. The summed E-state index contributed by atoms with van der Waals surface area (Å²) in [4.78, 5) is 20.4. The van der Waals surface area contributed by atoms with Gasteiger partial charge in [-0.3, -0.25) is 4.79 Å². The molecule has 0 saturated heterocycles. The molecular formula is C24H23N3O. The lowest BCUT2D eigenvalue weighted by molar-refractivity contribution is 0.0938. The minimum Gasteiger partial charge on any atom is -0.350 e. The number of aryl methyl sites for hydroxylation is 1. The molecule has 0 aliphatic heterocycles. The Morgan fingerprint density at radius 3 is 2.43 bits per heavy atom. The van der Waals surface area contributed by atoms with Gasteiger partial charge in [0.2, 0.25) is 0 Å². The highest BCUT2D eigenvalue weighted by Crippen LogP contribution is 2.20. The zero-order valence-electron chi connectivity index (χ0n) is 15.9. The molecule has 4 rings (SSSR count). The van der Waals surface area contributed by atoms with E-state index in [1.54, 1.807) is 0 Å². The van der Waals surface area contributed by atoms with Crippen molar-refractivity contribution in [3.05, 3.63) is 90.0 Å². The van der Waals surface area contributed by atoms with Gasteiger partial charge in [0.05, 0.1) is 11.0 Å². The molecule has 0 spiro atoms. The van der Waals surface area contributed by atoms with Crippen LogP contribution < -0.4 is 5.32 Å². The molecule has 0 fully saturated rings. The molecule has 0 saturated carbocycles. The van der Waals surface area contributed by atoms with Crippen LogP contribution in [-0.4, -0.2) is 21.9 Å².